The van der Waals surface area contributed by atoms with Crippen molar-refractivity contribution in [3.63, 3.8) is 0 Å². The molecule has 4 aromatic rings. The van der Waals surface area contributed by atoms with Crippen LogP contribution < -0.4 is 4.72 Å². The van der Waals surface area contributed by atoms with Crippen molar-refractivity contribution < 1.29 is 18.3 Å². The number of aromatic hydroxyl groups is 1. The molecule has 4 rings (SSSR count). The summed E-state index contributed by atoms with van der Waals surface area (Å²) in [4.78, 5) is 12.3. The van der Waals surface area contributed by atoms with E-state index in [2.05, 4.69) is 0 Å². The fourth-order valence-electron chi connectivity index (χ4n) is 4.22. The van der Waals surface area contributed by atoms with Gasteiger partial charge in [0.05, 0.1) is 23.9 Å². The lowest BCUT2D eigenvalue weighted by molar-refractivity contribution is 0.0981. The number of halogens is 1. The molecule has 8 heteroatoms. The van der Waals surface area contributed by atoms with Crippen molar-refractivity contribution in [3.8, 4) is 5.88 Å². The van der Waals surface area contributed by atoms with Crippen LogP contribution in [0.3, 0.4) is 0 Å². The lowest BCUT2D eigenvalue weighted by Crippen LogP contribution is -2.29. The number of carbonyl (C=O) groups is 1. The Hall–Kier alpha value is -3.55. The van der Waals surface area contributed by atoms with Gasteiger partial charge < -0.3 is 9.67 Å². The highest BCUT2D eigenvalue weighted by atomic mass is 35.5. The third-order valence-electron chi connectivity index (χ3n) is 5.63. The summed E-state index contributed by atoms with van der Waals surface area (Å²) >= 11 is 6.10. The Balaban J connectivity index is 1.82. The minimum Gasteiger partial charge on any atom is -0.494 e. The molecule has 3 aromatic carbocycles. The number of para-hydroxylation sites is 1. The van der Waals surface area contributed by atoms with Gasteiger partial charge in [-0.05, 0) is 60.9 Å². The molecule has 0 saturated carbocycles. The van der Waals surface area contributed by atoms with E-state index in [-0.39, 0.29) is 18.0 Å². The quantitative estimate of drug-likeness (QED) is 0.356. The molecule has 35 heavy (non-hydrogen) atoms. The molecule has 0 atom stereocenters. The van der Waals surface area contributed by atoms with E-state index in [0.29, 0.717) is 10.6 Å². The van der Waals surface area contributed by atoms with Crippen LogP contribution in [0.25, 0.3) is 16.5 Å². The number of hydrogen-bond acceptors (Lipinski definition) is 4. The van der Waals surface area contributed by atoms with Crippen molar-refractivity contribution in [1.29, 1.82) is 0 Å². The molecular weight excluding hydrogens is 484 g/mol. The van der Waals surface area contributed by atoms with E-state index >= 15 is 0 Å². The number of sulfonamides is 1. The largest absolute Gasteiger partial charge is 0.494 e. The third-order valence-corrected chi connectivity index (χ3v) is 6.44. The first kappa shape index (κ1) is 24.6. The molecule has 0 unspecified atom stereocenters. The fourth-order valence-corrected chi connectivity index (χ4v) is 4.80. The molecule has 1 aromatic heterocycles. The first-order valence-electron chi connectivity index (χ1n) is 10.9. The van der Waals surface area contributed by atoms with Crippen molar-refractivity contribution in [2.24, 2.45) is 0 Å². The van der Waals surface area contributed by atoms with Gasteiger partial charge in [0, 0.05) is 16.0 Å². The molecule has 0 bridgehead atoms. The minimum atomic E-state index is -3.68. The zero-order valence-electron chi connectivity index (χ0n) is 19.5. The number of aromatic nitrogens is 1. The Morgan fingerprint density at radius 2 is 1.66 bits per heavy atom. The van der Waals surface area contributed by atoms with Crippen LogP contribution >= 0.6 is 11.6 Å². The Bertz CT molecular complexity index is 1560. The summed E-state index contributed by atoms with van der Waals surface area (Å²) in [7, 11) is -3.68. The number of rotatable bonds is 6. The zero-order chi connectivity index (χ0) is 25.3. The standard InChI is InChI=1S/C27H25ClN2O4S/c1-17(2)24(19-11-13-21(28)14-12-19)25-22-9-4-5-10-23(22)30(27(25)32)16-18-7-6-8-20(15-18)26(31)29-35(3,33)34/h4-15,32H,16H2,1-3H3,(H,29,31). The molecule has 0 aliphatic heterocycles. The van der Waals surface area contributed by atoms with E-state index in [9.17, 15) is 18.3 Å². The summed E-state index contributed by atoms with van der Waals surface area (Å²) in [5.74, 6) is -0.602. The zero-order valence-corrected chi connectivity index (χ0v) is 21.1. The molecule has 6 nitrogen and oxygen atoms in total. The Morgan fingerprint density at radius 1 is 0.971 bits per heavy atom. The lowest BCUT2D eigenvalue weighted by Gasteiger charge is -2.12. The second kappa shape index (κ2) is 9.60. The lowest BCUT2D eigenvalue weighted by atomic mass is 9.93. The molecule has 2 N–H and O–H groups in total. The monoisotopic (exact) mass is 508 g/mol. The van der Waals surface area contributed by atoms with E-state index < -0.39 is 15.9 Å². The molecule has 1 heterocycles. The van der Waals surface area contributed by atoms with Crippen LogP contribution in [0, 0.1) is 0 Å². The average molecular weight is 509 g/mol. The van der Waals surface area contributed by atoms with Crippen molar-refractivity contribution in [3.05, 3.63) is 106 Å². The second-order valence-corrected chi connectivity index (χ2v) is 10.8. The van der Waals surface area contributed by atoms with Crippen molar-refractivity contribution >= 4 is 44.0 Å². The maximum atomic E-state index is 12.3. The Kier molecular flexibility index (Phi) is 6.74. The fraction of sp³-hybridized carbons (Fsp3) is 0.148. The van der Waals surface area contributed by atoms with E-state index in [4.69, 9.17) is 11.6 Å². The van der Waals surface area contributed by atoms with Crippen molar-refractivity contribution in [2.45, 2.75) is 20.4 Å². The number of nitrogens with one attached hydrogen (secondary N) is 1. The summed E-state index contributed by atoms with van der Waals surface area (Å²) in [6.07, 6.45) is 0.932. The SMILES string of the molecule is CC(C)=C(c1ccc(Cl)cc1)c1c(O)n(Cc2cccc(C(=O)NS(C)(=O)=O)c2)c2ccccc12. The van der Waals surface area contributed by atoms with Crippen LogP contribution in [0.5, 0.6) is 5.88 Å². The molecule has 180 valence electrons. The van der Waals surface area contributed by atoms with Crippen LogP contribution in [0.2, 0.25) is 5.02 Å². The summed E-state index contributed by atoms with van der Waals surface area (Å²) in [6, 6.07) is 21.9. The van der Waals surface area contributed by atoms with Gasteiger partial charge in [0.1, 0.15) is 0 Å². The first-order chi connectivity index (χ1) is 16.5. The van der Waals surface area contributed by atoms with Gasteiger partial charge in [-0.25, -0.2) is 13.1 Å². The number of hydrogen-bond donors (Lipinski definition) is 2. The molecule has 0 fully saturated rings. The predicted molar refractivity (Wildman–Crippen MR) is 140 cm³/mol. The van der Waals surface area contributed by atoms with Crippen LogP contribution in [-0.2, 0) is 16.6 Å². The smallest absolute Gasteiger partial charge is 0.264 e. The summed E-state index contributed by atoms with van der Waals surface area (Å²) < 4.78 is 26.7. The third kappa shape index (κ3) is 5.26. The first-order valence-corrected chi connectivity index (χ1v) is 13.2. The van der Waals surface area contributed by atoms with E-state index in [1.807, 2.05) is 73.2 Å². The highest BCUT2D eigenvalue weighted by Crippen LogP contribution is 2.41. The number of carbonyl (C=O) groups excluding carboxylic acids is 1. The molecule has 0 spiro atoms. The Morgan fingerprint density at radius 3 is 2.31 bits per heavy atom. The van der Waals surface area contributed by atoms with Crippen LogP contribution in [0.4, 0.5) is 0 Å². The summed E-state index contributed by atoms with van der Waals surface area (Å²) in [5, 5.41) is 13.0. The molecule has 0 aliphatic rings. The highest BCUT2D eigenvalue weighted by molar-refractivity contribution is 7.89. The van der Waals surface area contributed by atoms with E-state index in [0.717, 1.165) is 39.4 Å². The average Bonchev–Trinajstić information content (AvgIpc) is 3.06. The number of nitrogens with zero attached hydrogens (tertiary/aromatic N) is 1. The van der Waals surface area contributed by atoms with E-state index in [1.54, 1.807) is 22.8 Å². The molecule has 0 aliphatic carbocycles. The Labute approximate surface area is 209 Å². The van der Waals surface area contributed by atoms with E-state index in [1.165, 1.54) is 0 Å². The van der Waals surface area contributed by atoms with Gasteiger partial charge in [0.25, 0.3) is 5.91 Å². The molecule has 1 amide bonds. The van der Waals surface area contributed by atoms with Gasteiger partial charge in [0.15, 0.2) is 0 Å². The normalized spacial score (nSPS) is 11.4. The van der Waals surface area contributed by atoms with Gasteiger partial charge in [0.2, 0.25) is 15.9 Å². The van der Waals surface area contributed by atoms with Gasteiger partial charge in [-0.1, -0.05) is 59.6 Å². The van der Waals surface area contributed by atoms with Crippen molar-refractivity contribution in [2.75, 3.05) is 6.26 Å². The van der Waals surface area contributed by atoms with Gasteiger partial charge in [-0.3, -0.25) is 4.79 Å². The molecule has 0 radical (unpaired) electrons. The second-order valence-electron chi connectivity index (χ2n) is 8.59. The minimum absolute atomic E-state index is 0.100. The topological polar surface area (TPSA) is 88.4 Å². The van der Waals surface area contributed by atoms with Gasteiger partial charge >= 0.3 is 0 Å². The van der Waals surface area contributed by atoms with Gasteiger partial charge in [-0.2, -0.15) is 0 Å². The van der Waals surface area contributed by atoms with Gasteiger partial charge in [-0.15, -0.1) is 0 Å². The number of benzene rings is 3. The van der Waals surface area contributed by atoms with Crippen molar-refractivity contribution in [1.82, 2.24) is 9.29 Å². The predicted octanol–water partition coefficient (Wildman–Crippen LogP) is 5.58. The number of amides is 1. The summed E-state index contributed by atoms with van der Waals surface area (Å²) in [6.45, 7) is 4.28. The summed E-state index contributed by atoms with van der Waals surface area (Å²) in [5.41, 5.74) is 5.38. The maximum absolute atomic E-state index is 12.3. The number of allylic oxidation sites excluding steroid dienone is 1. The van der Waals surface area contributed by atoms with Crippen LogP contribution in [0.15, 0.2) is 78.4 Å². The van der Waals surface area contributed by atoms with Crippen LogP contribution in [-0.4, -0.2) is 30.3 Å². The highest BCUT2D eigenvalue weighted by Gasteiger charge is 2.22. The molecule has 0 saturated heterocycles. The van der Waals surface area contributed by atoms with Crippen LogP contribution in [0.1, 0.15) is 40.9 Å². The number of fused-ring (bicyclic) bond motifs is 1. The molecular formula is C27H25ClN2O4S. The maximum Gasteiger partial charge on any atom is 0.264 e.